The quantitative estimate of drug-likeness (QED) is 0.565. The topological polar surface area (TPSA) is 17.1 Å². The van der Waals surface area contributed by atoms with E-state index in [9.17, 15) is 4.79 Å². The summed E-state index contributed by atoms with van der Waals surface area (Å²) in [4.78, 5) is 12.1. The predicted octanol–water partition coefficient (Wildman–Crippen LogP) is 6.02. The zero-order chi connectivity index (χ0) is 15.8. The number of hydrogen-bond acceptors (Lipinski definition) is 1. The van der Waals surface area contributed by atoms with E-state index in [1.54, 1.807) is 0 Å². The van der Waals surface area contributed by atoms with E-state index in [0.29, 0.717) is 30.5 Å². The molecule has 0 saturated carbocycles. The smallest absolute Gasteiger partial charge is 0.133 e. The minimum Gasteiger partial charge on any atom is -0.300 e. The van der Waals surface area contributed by atoms with Crippen LogP contribution in [0.3, 0.4) is 0 Å². The molecular weight excluding hydrogens is 256 g/mol. The number of carbonyl (C=O) groups excluding carboxylic acids is 1. The Kier molecular flexibility index (Phi) is 7.71. The molecule has 1 atom stereocenters. The van der Waals surface area contributed by atoms with Crippen LogP contribution in [0, 0.1) is 11.8 Å². The zero-order valence-corrected chi connectivity index (χ0v) is 14.5. The van der Waals surface area contributed by atoms with Crippen molar-refractivity contribution in [2.24, 2.45) is 11.8 Å². The van der Waals surface area contributed by atoms with E-state index in [-0.39, 0.29) is 0 Å². The highest BCUT2D eigenvalue weighted by atomic mass is 16.1. The van der Waals surface area contributed by atoms with Crippen LogP contribution in [-0.2, 0) is 4.79 Å². The third-order valence-corrected chi connectivity index (χ3v) is 4.22. The Hall–Kier alpha value is -1.11. The minimum atomic E-state index is 0.368. The molecule has 0 heterocycles. The van der Waals surface area contributed by atoms with Gasteiger partial charge in [-0.1, -0.05) is 55.7 Å². The van der Waals surface area contributed by atoms with Crippen molar-refractivity contribution in [1.82, 2.24) is 0 Å². The van der Waals surface area contributed by atoms with Gasteiger partial charge in [0.05, 0.1) is 0 Å². The molecule has 0 N–H and O–H groups in total. The van der Waals surface area contributed by atoms with E-state index in [4.69, 9.17) is 0 Å². The molecule has 118 valence electrons. The van der Waals surface area contributed by atoms with Crippen molar-refractivity contribution in [1.29, 1.82) is 0 Å². The maximum atomic E-state index is 12.1. The molecule has 0 bridgehead atoms. The molecule has 0 amide bonds. The summed E-state index contributed by atoms with van der Waals surface area (Å²) in [6, 6.07) is 0. The second-order valence-electron chi connectivity index (χ2n) is 7.09. The molecular formula is C20H32O. The lowest BCUT2D eigenvalue weighted by atomic mass is 9.88. The number of rotatable bonds is 5. The average Bonchev–Trinajstić information content (AvgIpc) is 2.37. The van der Waals surface area contributed by atoms with Crippen LogP contribution in [0.1, 0.15) is 73.1 Å². The third kappa shape index (κ3) is 7.45. The van der Waals surface area contributed by atoms with Crippen LogP contribution in [0.25, 0.3) is 0 Å². The van der Waals surface area contributed by atoms with E-state index in [1.807, 2.05) is 0 Å². The van der Waals surface area contributed by atoms with Gasteiger partial charge in [0.15, 0.2) is 0 Å². The van der Waals surface area contributed by atoms with Crippen LogP contribution in [-0.4, -0.2) is 5.78 Å². The van der Waals surface area contributed by atoms with E-state index >= 15 is 0 Å². The van der Waals surface area contributed by atoms with Gasteiger partial charge in [-0.2, -0.15) is 0 Å². The van der Waals surface area contributed by atoms with Crippen molar-refractivity contribution in [2.75, 3.05) is 0 Å². The molecule has 0 aromatic rings. The summed E-state index contributed by atoms with van der Waals surface area (Å²) in [5.74, 6) is 1.24. The monoisotopic (exact) mass is 288 g/mol. The van der Waals surface area contributed by atoms with Gasteiger partial charge in [0.2, 0.25) is 0 Å². The van der Waals surface area contributed by atoms with Crippen LogP contribution < -0.4 is 0 Å². The summed E-state index contributed by atoms with van der Waals surface area (Å²) in [7, 11) is 0. The van der Waals surface area contributed by atoms with E-state index < -0.39 is 0 Å². The van der Waals surface area contributed by atoms with Gasteiger partial charge in [0.1, 0.15) is 5.78 Å². The zero-order valence-electron chi connectivity index (χ0n) is 14.5. The second-order valence-corrected chi connectivity index (χ2v) is 7.09. The van der Waals surface area contributed by atoms with Gasteiger partial charge in [-0.15, -0.1) is 0 Å². The van der Waals surface area contributed by atoms with E-state index in [1.165, 1.54) is 16.7 Å². The number of carbonyl (C=O) groups is 1. The summed E-state index contributed by atoms with van der Waals surface area (Å²) in [6.07, 6.45) is 12.8. The summed E-state index contributed by atoms with van der Waals surface area (Å²) in [5.41, 5.74) is 4.34. The molecule has 0 aromatic carbocycles. The standard InChI is InChI=1S/C20H32O/c1-15(2)13-20(21)14-18(5)19-11-9-16(3)7-6-8-17(4)10-12-19/h7,10,12,15,18H,6,8-9,11,13-14H2,1-5H3. The van der Waals surface area contributed by atoms with Gasteiger partial charge in [-0.05, 0) is 51.4 Å². The lowest BCUT2D eigenvalue weighted by Gasteiger charge is -2.17. The molecule has 0 fully saturated rings. The normalized spacial score (nSPS) is 18.7. The number of ketones is 1. The first-order valence-electron chi connectivity index (χ1n) is 8.42. The van der Waals surface area contributed by atoms with Crippen LogP contribution in [0.4, 0.5) is 0 Å². The molecule has 1 aliphatic rings. The summed E-state index contributed by atoms with van der Waals surface area (Å²) < 4.78 is 0. The Morgan fingerprint density at radius 1 is 1.00 bits per heavy atom. The largest absolute Gasteiger partial charge is 0.300 e. The fraction of sp³-hybridized carbons (Fsp3) is 0.650. The van der Waals surface area contributed by atoms with Gasteiger partial charge >= 0.3 is 0 Å². The molecule has 0 aliphatic heterocycles. The summed E-state index contributed by atoms with van der Waals surface area (Å²) in [5, 5.41) is 0. The summed E-state index contributed by atoms with van der Waals surface area (Å²) >= 11 is 0. The van der Waals surface area contributed by atoms with Crippen molar-refractivity contribution in [3.63, 3.8) is 0 Å². The maximum Gasteiger partial charge on any atom is 0.133 e. The van der Waals surface area contributed by atoms with Crippen LogP contribution in [0.5, 0.6) is 0 Å². The Morgan fingerprint density at radius 2 is 1.71 bits per heavy atom. The average molecular weight is 288 g/mol. The van der Waals surface area contributed by atoms with Gasteiger partial charge in [0.25, 0.3) is 0 Å². The number of Topliss-reactive ketones (excluding diaryl/α,β-unsaturated/α-hetero) is 1. The highest BCUT2D eigenvalue weighted by Gasteiger charge is 2.14. The Labute approximate surface area is 131 Å². The second kappa shape index (κ2) is 9.02. The maximum absolute atomic E-state index is 12.1. The molecule has 1 heteroatoms. The first-order valence-corrected chi connectivity index (χ1v) is 8.42. The lowest BCUT2D eigenvalue weighted by molar-refractivity contribution is -0.120. The molecule has 21 heavy (non-hydrogen) atoms. The summed E-state index contributed by atoms with van der Waals surface area (Å²) in [6.45, 7) is 10.9. The van der Waals surface area contributed by atoms with Crippen molar-refractivity contribution in [3.8, 4) is 0 Å². The third-order valence-electron chi connectivity index (χ3n) is 4.22. The highest BCUT2D eigenvalue weighted by Crippen LogP contribution is 2.25. The van der Waals surface area contributed by atoms with E-state index in [0.717, 1.165) is 25.7 Å². The molecule has 0 saturated heterocycles. The SMILES string of the molecule is CC1=CC=C(C(C)CC(=O)CC(C)C)CCC(C)=CCC1. The van der Waals surface area contributed by atoms with Gasteiger partial charge in [-0.3, -0.25) is 4.79 Å². The van der Waals surface area contributed by atoms with Crippen molar-refractivity contribution in [3.05, 3.63) is 34.9 Å². The lowest BCUT2D eigenvalue weighted by Crippen LogP contribution is -2.10. The van der Waals surface area contributed by atoms with Gasteiger partial charge < -0.3 is 0 Å². The number of allylic oxidation sites excluding steroid dienone is 6. The van der Waals surface area contributed by atoms with E-state index in [2.05, 4.69) is 52.8 Å². The van der Waals surface area contributed by atoms with Crippen LogP contribution >= 0.6 is 0 Å². The highest BCUT2D eigenvalue weighted by molar-refractivity contribution is 5.79. The minimum absolute atomic E-state index is 0.368. The molecule has 0 radical (unpaired) electrons. The number of hydrogen-bond donors (Lipinski definition) is 0. The molecule has 0 aromatic heterocycles. The van der Waals surface area contributed by atoms with Crippen LogP contribution in [0.2, 0.25) is 0 Å². The first-order chi connectivity index (χ1) is 9.88. The molecule has 1 rings (SSSR count). The van der Waals surface area contributed by atoms with Crippen molar-refractivity contribution >= 4 is 5.78 Å². The Balaban J connectivity index is 2.75. The molecule has 1 nitrogen and oxygen atoms in total. The van der Waals surface area contributed by atoms with Gasteiger partial charge in [0, 0.05) is 12.8 Å². The van der Waals surface area contributed by atoms with Gasteiger partial charge in [-0.25, -0.2) is 0 Å². The Bertz CT molecular complexity index is 435. The fourth-order valence-electron chi connectivity index (χ4n) is 2.83. The molecule has 1 aliphatic carbocycles. The first kappa shape index (κ1) is 17.9. The van der Waals surface area contributed by atoms with Crippen molar-refractivity contribution in [2.45, 2.75) is 73.1 Å². The predicted molar refractivity (Wildman–Crippen MR) is 92.3 cm³/mol. The fourth-order valence-corrected chi connectivity index (χ4v) is 2.83. The Morgan fingerprint density at radius 3 is 2.38 bits per heavy atom. The van der Waals surface area contributed by atoms with Crippen molar-refractivity contribution < 1.29 is 4.79 Å². The molecule has 1 unspecified atom stereocenters. The van der Waals surface area contributed by atoms with Crippen LogP contribution in [0.15, 0.2) is 34.9 Å². The molecule has 0 spiro atoms.